The van der Waals surface area contributed by atoms with Crippen molar-refractivity contribution in [2.75, 3.05) is 13.1 Å². The summed E-state index contributed by atoms with van der Waals surface area (Å²) in [5, 5.41) is 0. The number of aliphatic imine (C=N–C) groups is 2. The molecule has 8 nitrogen and oxygen atoms in total. The molecule has 4 aromatic carbocycles. The Bertz CT molecular complexity index is 1890. The number of nitrogens with zero attached hydrogens (tertiary/aromatic N) is 4. The van der Waals surface area contributed by atoms with Crippen LogP contribution in [-0.4, -0.2) is 58.6 Å². The third-order valence-corrected chi connectivity index (χ3v) is 9.16. The summed E-state index contributed by atoms with van der Waals surface area (Å²) < 4.78 is 13.2. The zero-order valence-electron chi connectivity index (χ0n) is 28.1. The second kappa shape index (κ2) is 15.4. The van der Waals surface area contributed by atoms with Crippen molar-refractivity contribution < 1.29 is 19.1 Å². The predicted octanol–water partition coefficient (Wildman–Crippen LogP) is 8.75. The Morgan fingerprint density at radius 3 is 1.28 bits per heavy atom. The van der Waals surface area contributed by atoms with Gasteiger partial charge in [-0.25, -0.2) is 9.98 Å². The van der Waals surface area contributed by atoms with Gasteiger partial charge in [0, 0.05) is 33.2 Å². The first kappa shape index (κ1) is 35.0. The zero-order valence-corrected chi connectivity index (χ0v) is 31.3. The molecule has 2 heterocycles. The number of carbonyl (C=O) groups excluding carboxylic acids is 2. The van der Waals surface area contributed by atoms with Crippen LogP contribution in [0.2, 0.25) is 0 Å². The van der Waals surface area contributed by atoms with Crippen molar-refractivity contribution in [1.82, 2.24) is 9.80 Å². The highest BCUT2D eigenvalue weighted by atomic mass is 79.9. The molecule has 0 aromatic heterocycles. The molecule has 50 heavy (non-hydrogen) atoms. The third-order valence-electron chi connectivity index (χ3n) is 7.78. The minimum Gasteiger partial charge on any atom is -0.491 e. The van der Waals surface area contributed by atoms with Gasteiger partial charge >= 0.3 is 0 Å². The van der Waals surface area contributed by atoms with E-state index in [1.165, 1.54) is 0 Å². The first-order valence-electron chi connectivity index (χ1n) is 16.3. The molecule has 4 aromatic rings. The molecule has 0 bridgehead atoms. The molecule has 0 atom stereocenters. The van der Waals surface area contributed by atoms with Gasteiger partial charge in [0.2, 0.25) is 0 Å². The van der Waals surface area contributed by atoms with Crippen molar-refractivity contribution in [3.63, 3.8) is 0 Å². The molecule has 6 rings (SSSR count). The van der Waals surface area contributed by atoms with Crippen LogP contribution in [0.5, 0.6) is 11.5 Å². The number of ether oxygens (including phenoxy) is 2. The lowest BCUT2D eigenvalue weighted by molar-refractivity contribution is -0.125. The van der Waals surface area contributed by atoms with Gasteiger partial charge in [0.05, 0.1) is 12.2 Å². The monoisotopic (exact) mass is 794 g/mol. The van der Waals surface area contributed by atoms with Gasteiger partial charge in [-0.2, -0.15) is 0 Å². The minimum atomic E-state index is -0.260. The van der Waals surface area contributed by atoms with Crippen LogP contribution in [0.1, 0.15) is 49.9 Å². The van der Waals surface area contributed by atoms with E-state index in [2.05, 4.69) is 31.9 Å². The quantitative estimate of drug-likeness (QED) is 0.142. The van der Waals surface area contributed by atoms with Crippen molar-refractivity contribution in [3.8, 4) is 11.5 Å². The highest BCUT2D eigenvalue weighted by Crippen LogP contribution is 2.30. The second-order valence-corrected chi connectivity index (χ2v) is 14.0. The summed E-state index contributed by atoms with van der Waals surface area (Å²) in [5.41, 5.74) is 3.76. The van der Waals surface area contributed by atoms with Gasteiger partial charge in [0.15, 0.2) is 0 Å². The second-order valence-electron chi connectivity index (χ2n) is 12.3. The van der Waals surface area contributed by atoms with E-state index in [1.54, 1.807) is 22.0 Å². The molecule has 2 aliphatic rings. The van der Waals surface area contributed by atoms with Crippen LogP contribution < -0.4 is 9.47 Å². The summed E-state index contributed by atoms with van der Waals surface area (Å²) in [4.78, 5) is 41.0. The van der Waals surface area contributed by atoms with E-state index in [-0.39, 0.29) is 37.1 Å². The van der Waals surface area contributed by atoms with E-state index >= 15 is 0 Å². The largest absolute Gasteiger partial charge is 0.491 e. The third kappa shape index (κ3) is 7.98. The van der Waals surface area contributed by atoms with E-state index in [1.807, 2.05) is 125 Å². The van der Waals surface area contributed by atoms with Gasteiger partial charge in [-0.3, -0.25) is 19.4 Å². The maximum Gasteiger partial charge on any atom is 0.278 e. The fraction of sp³-hybridized carbons (Fsp3) is 0.200. The fourth-order valence-corrected chi connectivity index (χ4v) is 6.48. The number of amides is 2. The van der Waals surface area contributed by atoms with E-state index < -0.39 is 0 Å². The molecule has 0 spiro atoms. The minimum absolute atomic E-state index is 0.0551. The summed E-state index contributed by atoms with van der Waals surface area (Å²) in [6.45, 7) is 8.26. The van der Waals surface area contributed by atoms with Gasteiger partial charge in [0.1, 0.15) is 34.6 Å². The normalized spacial score (nSPS) is 16.2. The van der Waals surface area contributed by atoms with Crippen molar-refractivity contribution in [1.29, 1.82) is 0 Å². The molecule has 0 fully saturated rings. The van der Waals surface area contributed by atoms with Crippen LogP contribution in [0.25, 0.3) is 12.2 Å². The number of benzene rings is 4. The Labute approximate surface area is 309 Å². The molecule has 0 saturated carbocycles. The first-order valence-corrected chi connectivity index (χ1v) is 17.9. The Balaban J connectivity index is 1.30. The summed E-state index contributed by atoms with van der Waals surface area (Å²) >= 11 is 7.28. The number of hydrogen-bond donors (Lipinski definition) is 0. The van der Waals surface area contributed by atoms with Crippen molar-refractivity contribution >= 4 is 67.5 Å². The standard InChI is InChI=1S/C40H36Br2N4O4/c1-25(2)49-29-17-13-27(14-18-29)23-35-39(47)45(37(43-35)31-9-5-7-11-33(31)41)21-22-46-38(32-10-6-8-12-34(32)42)44-36(40(46)48)24-28-15-19-30(20-16-28)50-26(3)4/h5-20,23-26H,21-22H2,1-4H3/b35-23-,36-24+. The van der Waals surface area contributed by atoms with E-state index in [0.29, 0.717) is 23.1 Å². The number of rotatable bonds is 11. The molecular formula is C40H36Br2N4O4. The molecule has 2 amide bonds. The van der Waals surface area contributed by atoms with Crippen LogP contribution in [0.3, 0.4) is 0 Å². The molecule has 10 heteroatoms. The molecular weight excluding hydrogens is 760 g/mol. The van der Waals surface area contributed by atoms with Gasteiger partial charge in [0.25, 0.3) is 11.8 Å². The Hall–Kier alpha value is -4.80. The summed E-state index contributed by atoms with van der Waals surface area (Å²) in [6, 6.07) is 30.4. The average molecular weight is 797 g/mol. The molecule has 0 unspecified atom stereocenters. The van der Waals surface area contributed by atoms with Crippen LogP contribution in [0.15, 0.2) is 127 Å². The van der Waals surface area contributed by atoms with Crippen LogP contribution in [-0.2, 0) is 9.59 Å². The number of halogens is 2. The molecule has 0 aliphatic carbocycles. The van der Waals surface area contributed by atoms with Crippen molar-refractivity contribution in [3.05, 3.63) is 140 Å². The van der Waals surface area contributed by atoms with E-state index in [9.17, 15) is 9.59 Å². The van der Waals surface area contributed by atoms with Crippen molar-refractivity contribution in [2.45, 2.75) is 39.9 Å². The Morgan fingerprint density at radius 1 is 0.580 bits per heavy atom. The smallest absolute Gasteiger partial charge is 0.278 e. The molecule has 2 aliphatic heterocycles. The molecule has 0 radical (unpaired) electrons. The van der Waals surface area contributed by atoms with Gasteiger partial charge in [-0.05, 0) is 87.4 Å². The lowest BCUT2D eigenvalue weighted by atomic mass is 10.1. The fourth-order valence-electron chi connectivity index (χ4n) is 5.56. The van der Waals surface area contributed by atoms with E-state index in [0.717, 1.165) is 42.7 Å². The number of amidine groups is 2. The van der Waals surface area contributed by atoms with Gasteiger partial charge < -0.3 is 9.47 Å². The maximum atomic E-state index is 14.0. The van der Waals surface area contributed by atoms with Crippen LogP contribution >= 0.6 is 31.9 Å². The molecule has 0 N–H and O–H groups in total. The summed E-state index contributed by atoms with van der Waals surface area (Å²) in [7, 11) is 0. The average Bonchev–Trinajstić information content (AvgIpc) is 3.56. The number of carbonyl (C=O) groups is 2. The first-order chi connectivity index (χ1) is 24.1. The number of hydrogen-bond acceptors (Lipinski definition) is 6. The molecule has 254 valence electrons. The highest BCUT2D eigenvalue weighted by molar-refractivity contribution is 9.10. The predicted molar refractivity (Wildman–Crippen MR) is 205 cm³/mol. The van der Waals surface area contributed by atoms with Gasteiger partial charge in [-0.1, -0.05) is 92.5 Å². The Kier molecular flexibility index (Phi) is 10.8. The SMILES string of the molecule is CC(C)Oc1ccc(/C=C2\N=C(c3ccccc3Br)N(CCN3C(=O)/C(=C\c4ccc(OC(C)C)cc4)N=C3c3ccccc3Br)C2=O)cc1. The lowest BCUT2D eigenvalue weighted by Gasteiger charge is -2.24. The summed E-state index contributed by atoms with van der Waals surface area (Å²) in [5.74, 6) is 1.98. The summed E-state index contributed by atoms with van der Waals surface area (Å²) in [6.07, 6.45) is 3.65. The topological polar surface area (TPSA) is 83.8 Å². The van der Waals surface area contributed by atoms with E-state index in [4.69, 9.17) is 19.5 Å². The maximum absolute atomic E-state index is 14.0. The van der Waals surface area contributed by atoms with Crippen LogP contribution in [0.4, 0.5) is 0 Å². The lowest BCUT2D eigenvalue weighted by Crippen LogP contribution is -2.43. The Morgan fingerprint density at radius 2 is 0.940 bits per heavy atom. The van der Waals surface area contributed by atoms with Gasteiger partial charge in [-0.15, -0.1) is 0 Å². The molecule has 0 saturated heterocycles. The van der Waals surface area contributed by atoms with Crippen molar-refractivity contribution in [2.24, 2.45) is 9.98 Å². The highest BCUT2D eigenvalue weighted by Gasteiger charge is 2.36. The van der Waals surface area contributed by atoms with Crippen LogP contribution in [0, 0.1) is 0 Å². The zero-order chi connectivity index (χ0) is 35.4.